The molecule has 2 unspecified atom stereocenters. The maximum atomic E-state index is 10.3. The third kappa shape index (κ3) is 1.54. The minimum absolute atomic E-state index is 0.121. The van der Waals surface area contributed by atoms with Gasteiger partial charge in [0.25, 0.3) is 0 Å². The average Bonchev–Trinajstić information content (AvgIpc) is 1.76. The molecule has 1 rings (SSSR count). The highest BCUT2D eigenvalue weighted by atomic mass is 16.6. The zero-order valence-electron chi connectivity index (χ0n) is 5.66. The Morgan fingerprint density at radius 3 is 2.80 bits per heavy atom. The standard InChI is InChI=1S/C6H9NO3/c1-4(9)10-6-2-5(3-8)7-6/h3,5-7H,2H2,1H3. The molecule has 0 aliphatic carbocycles. The van der Waals surface area contributed by atoms with Crippen molar-refractivity contribution in [3.05, 3.63) is 0 Å². The van der Waals surface area contributed by atoms with Gasteiger partial charge in [-0.25, -0.2) is 0 Å². The highest BCUT2D eigenvalue weighted by molar-refractivity contribution is 5.67. The first-order chi connectivity index (χ1) is 4.72. The van der Waals surface area contributed by atoms with E-state index in [2.05, 4.69) is 5.32 Å². The third-order valence-corrected chi connectivity index (χ3v) is 1.34. The molecule has 1 saturated heterocycles. The van der Waals surface area contributed by atoms with Crippen LogP contribution in [0.5, 0.6) is 0 Å². The van der Waals surface area contributed by atoms with Crippen molar-refractivity contribution in [1.82, 2.24) is 5.32 Å². The number of aldehydes is 1. The van der Waals surface area contributed by atoms with Crippen molar-refractivity contribution in [2.75, 3.05) is 0 Å². The average molecular weight is 143 g/mol. The van der Waals surface area contributed by atoms with E-state index in [0.29, 0.717) is 6.42 Å². The SMILES string of the molecule is CC(=O)OC1CC(C=O)N1. The van der Waals surface area contributed by atoms with E-state index in [1.165, 1.54) is 6.92 Å². The van der Waals surface area contributed by atoms with Gasteiger partial charge >= 0.3 is 5.97 Å². The van der Waals surface area contributed by atoms with Crippen LogP contribution in [0, 0.1) is 0 Å². The number of nitrogens with one attached hydrogen (secondary N) is 1. The Balaban J connectivity index is 2.14. The van der Waals surface area contributed by atoms with Crippen LogP contribution < -0.4 is 5.32 Å². The van der Waals surface area contributed by atoms with Crippen LogP contribution in [0.3, 0.4) is 0 Å². The van der Waals surface area contributed by atoms with E-state index < -0.39 is 0 Å². The van der Waals surface area contributed by atoms with E-state index >= 15 is 0 Å². The molecular weight excluding hydrogens is 134 g/mol. The molecule has 1 fully saturated rings. The topological polar surface area (TPSA) is 55.4 Å². The highest BCUT2D eigenvalue weighted by Gasteiger charge is 2.29. The van der Waals surface area contributed by atoms with E-state index in [0.717, 1.165) is 6.29 Å². The lowest BCUT2D eigenvalue weighted by Crippen LogP contribution is -2.54. The van der Waals surface area contributed by atoms with Crippen LogP contribution in [0.2, 0.25) is 0 Å². The quantitative estimate of drug-likeness (QED) is 0.415. The molecule has 0 aromatic rings. The van der Waals surface area contributed by atoms with Crippen LogP contribution in [-0.4, -0.2) is 24.5 Å². The van der Waals surface area contributed by atoms with Gasteiger partial charge in [0.15, 0.2) is 6.23 Å². The molecular formula is C6H9NO3. The molecule has 1 aliphatic heterocycles. The van der Waals surface area contributed by atoms with Crippen LogP contribution in [0.25, 0.3) is 0 Å². The number of carbonyl (C=O) groups excluding carboxylic acids is 2. The van der Waals surface area contributed by atoms with Gasteiger partial charge in [0.1, 0.15) is 6.29 Å². The first-order valence-electron chi connectivity index (χ1n) is 3.11. The van der Waals surface area contributed by atoms with Crippen molar-refractivity contribution < 1.29 is 14.3 Å². The lowest BCUT2D eigenvalue weighted by atomic mass is 10.1. The number of carbonyl (C=O) groups is 2. The Labute approximate surface area is 58.5 Å². The maximum absolute atomic E-state index is 10.3. The number of rotatable bonds is 2. The number of hydrogen-bond donors (Lipinski definition) is 1. The van der Waals surface area contributed by atoms with E-state index in [1.54, 1.807) is 0 Å². The normalized spacial score (nSPS) is 30.5. The lowest BCUT2D eigenvalue weighted by molar-refractivity contribution is -0.155. The van der Waals surface area contributed by atoms with Gasteiger partial charge in [0, 0.05) is 13.3 Å². The third-order valence-electron chi connectivity index (χ3n) is 1.34. The molecule has 56 valence electrons. The predicted molar refractivity (Wildman–Crippen MR) is 33.2 cm³/mol. The highest BCUT2D eigenvalue weighted by Crippen LogP contribution is 2.10. The van der Waals surface area contributed by atoms with Gasteiger partial charge in [0.2, 0.25) is 0 Å². The van der Waals surface area contributed by atoms with Gasteiger partial charge in [0.05, 0.1) is 6.04 Å². The van der Waals surface area contributed by atoms with Crippen molar-refractivity contribution >= 4 is 12.3 Å². The predicted octanol–water partition coefficient (Wildman–Crippen LogP) is -0.564. The minimum Gasteiger partial charge on any atom is -0.447 e. The first-order valence-corrected chi connectivity index (χ1v) is 3.11. The summed E-state index contributed by atoms with van der Waals surface area (Å²) in [6.45, 7) is 1.34. The molecule has 1 aliphatic rings. The summed E-state index contributed by atoms with van der Waals surface area (Å²) in [6.07, 6.45) is 1.16. The molecule has 4 nitrogen and oxygen atoms in total. The van der Waals surface area contributed by atoms with Gasteiger partial charge in [-0.1, -0.05) is 0 Å². The summed E-state index contributed by atoms with van der Waals surface area (Å²) in [4.78, 5) is 20.3. The van der Waals surface area contributed by atoms with Gasteiger partial charge in [-0.3, -0.25) is 10.1 Å². The van der Waals surface area contributed by atoms with Crippen LogP contribution in [-0.2, 0) is 14.3 Å². The molecule has 4 heteroatoms. The zero-order valence-corrected chi connectivity index (χ0v) is 5.66. The monoisotopic (exact) mass is 143 g/mol. The summed E-state index contributed by atoms with van der Waals surface area (Å²) >= 11 is 0. The van der Waals surface area contributed by atoms with Gasteiger partial charge < -0.3 is 9.53 Å². The first kappa shape index (κ1) is 7.21. The Kier molecular flexibility index (Phi) is 2.01. The molecule has 10 heavy (non-hydrogen) atoms. The van der Waals surface area contributed by atoms with Crippen molar-refractivity contribution in [1.29, 1.82) is 0 Å². The minimum atomic E-state index is -0.318. The molecule has 0 bridgehead atoms. The van der Waals surface area contributed by atoms with E-state index in [-0.39, 0.29) is 18.2 Å². The molecule has 2 atom stereocenters. The number of hydrogen-bond acceptors (Lipinski definition) is 4. The number of esters is 1. The second kappa shape index (κ2) is 2.79. The fourth-order valence-electron chi connectivity index (χ4n) is 0.822. The lowest BCUT2D eigenvalue weighted by Gasteiger charge is -2.32. The van der Waals surface area contributed by atoms with Crippen molar-refractivity contribution in [2.24, 2.45) is 0 Å². The van der Waals surface area contributed by atoms with Crippen LogP contribution in [0.15, 0.2) is 0 Å². The molecule has 0 radical (unpaired) electrons. The fourth-order valence-corrected chi connectivity index (χ4v) is 0.822. The molecule has 0 aromatic carbocycles. The van der Waals surface area contributed by atoms with Crippen molar-refractivity contribution in [2.45, 2.75) is 25.6 Å². The van der Waals surface area contributed by atoms with E-state index in [1.807, 2.05) is 0 Å². The Bertz CT molecular complexity index is 151. The summed E-state index contributed by atoms with van der Waals surface area (Å²) in [7, 11) is 0. The summed E-state index contributed by atoms with van der Waals surface area (Å²) in [5.41, 5.74) is 0. The van der Waals surface area contributed by atoms with Crippen molar-refractivity contribution in [3.8, 4) is 0 Å². The largest absolute Gasteiger partial charge is 0.447 e. The van der Waals surface area contributed by atoms with Crippen LogP contribution in [0.4, 0.5) is 0 Å². The van der Waals surface area contributed by atoms with Crippen molar-refractivity contribution in [3.63, 3.8) is 0 Å². The van der Waals surface area contributed by atoms with Crippen LogP contribution >= 0.6 is 0 Å². The molecule has 1 N–H and O–H groups in total. The Morgan fingerprint density at radius 1 is 1.80 bits per heavy atom. The molecule has 0 aromatic heterocycles. The fraction of sp³-hybridized carbons (Fsp3) is 0.667. The molecule has 0 saturated carbocycles. The second-order valence-corrected chi connectivity index (χ2v) is 2.24. The second-order valence-electron chi connectivity index (χ2n) is 2.24. The van der Waals surface area contributed by atoms with Gasteiger partial charge in [-0.15, -0.1) is 0 Å². The zero-order chi connectivity index (χ0) is 7.56. The number of ether oxygens (including phenoxy) is 1. The maximum Gasteiger partial charge on any atom is 0.304 e. The Hall–Kier alpha value is -0.900. The summed E-state index contributed by atoms with van der Waals surface area (Å²) in [5.74, 6) is -0.318. The van der Waals surface area contributed by atoms with Gasteiger partial charge in [-0.2, -0.15) is 0 Å². The van der Waals surface area contributed by atoms with Gasteiger partial charge in [-0.05, 0) is 0 Å². The molecule has 0 amide bonds. The molecule has 1 heterocycles. The summed E-state index contributed by atoms with van der Waals surface area (Å²) in [6, 6.07) is -0.121. The molecule has 0 spiro atoms. The van der Waals surface area contributed by atoms with E-state index in [9.17, 15) is 9.59 Å². The van der Waals surface area contributed by atoms with Crippen LogP contribution in [0.1, 0.15) is 13.3 Å². The Morgan fingerprint density at radius 2 is 2.40 bits per heavy atom. The van der Waals surface area contributed by atoms with E-state index in [4.69, 9.17) is 4.74 Å². The summed E-state index contributed by atoms with van der Waals surface area (Å²) in [5, 5.41) is 2.75. The summed E-state index contributed by atoms with van der Waals surface area (Å²) < 4.78 is 4.71. The smallest absolute Gasteiger partial charge is 0.304 e.